The van der Waals surface area contributed by atoms with Crippen LogP contribution in [0.15, 0.2) is 107 Å². The SMILES string of the molecule is N#Cc1c(-c2ccccc2)csc1/N=N/c1c(-c2ccccc2)nn(-c2ccccc2)c1N. The van der Waals surface area contributed by atoms with Crippen molar-refractivity contribution in [1.29, 1.82) is 5.26 Å². The minimum atomic E-state index is 0.377. The Kier molecular flexibility index (Phi) is 5.50. The van der Waals surface area contributed by atoms with Crippen molar-refractivity contribution in [3.8, 4) is 34.1 Å². The van der Waals surface area contributed by atoms with E-state index in [-0.39, 0.29) is 0 Å². The van der Waals surface area contributed by atoms with Gasteiger partial charge < -0.3 is 5.73 Å². The normalized spacial score (nSPS) is 11.0. The number of anilines is 1. The molecule has 0 radical (unpaired) electrons. The Balaban J connectivity index is 1.61. The van der Waals surface area contributed by atoms with E-state index in [2.05, 4.69) is 16.3 Å². The van der Waals surface area contributed by atoms with Crippen LogP contribution in [-0.2, 0) is 0 Å². The Bertz CT molecular complexity index is 1460. The number of hydrogen-bond donors (Lipinski definition) is 1. The highest BCUT2D eigenvalue weighted by atomic mass is 32.1. The fourth-order valence-electron chi connectivity index (χ4n) is 3.53. The molecule has 3 aromatic carbocycles. The van der Waals surface area contributed by atoms with Gasteiger partial charge in [-0.15, -0.1) is 21.6 Å². The lowest BCUT2D eigenvalue weighted by atomic mass is 10.1. The molecule has 0 aliphatic heterocycles. The third-order valence-corrected chi connectivity index (χ3v) is 6.01. The molecule has 0 spiro atoms. The first-order valence-corrected chi connectivity index (χ1v) is 11.1. The highest BCUT2D eigenvalue weighted by molar-refractivity contribution is 7.14. The van der Waals surface area contributed by atoms with Crippen molar-refractivity contribution in [2.75, 3.05) is 5.73 Å². The summed E-state index contributed by atoms with van der Waals surface area (Å²) in [6.07, 6.45) is 0. The standard InChI is InChI=1S/C26H18N6S/c27-16-21-22(18-10-4-1-5-11-18)17-33-26(21)30-29-24-23(19-12-6-2-7-13-19)31-32(25(24)28)20-14-8-3-9-15-20/h1-15,17H,28H2/b30-29+. The molecule has 0 fully saturated rings. The molecule has 2 heterocycles. The van der Waals surface area contributed by atoms with Gasteiger partial charge in [-0.3, -0.25) is 0 Å². The highest BCUT2D eigenvalue weighted by Crippen LogP contribution is 2.41. The van der Waals surface area contributed by atoms with Crippen LogP contribution in [0, 0.1) is 11.3 Å². The highest BCUT2D eigenvalue weighted by Gasteiger charge is 2.19. The van der Waals surface area contributed by atoms with Gasteiger partial charge in [0.15, 0.2) is 16.5 Å². The van der Waals surface area contributed by atoms with Crippen molar-refractivity contribution in [2.24, 2.45) is 10.2 Å². The number of nitrogens with two attached hydrogens (primary N) is 1. The molecule has 6 nitrogen and oxygen atoms in total. The first kappa shape index (κ1) is 20.4. The van der Waals surface area contributed by atoms with Gasteiger partial charge in [-0.25, -0.2) is 4.68 Å². The number of benzene rings is 3. The van der Waals surface area contributed by atoms with Gasteiger partial charge in [0.2, 0.25) is 0 Å². The third-order valence-electron chi connectivity index (χ3n) is 5.15. The molecule has 2 N–H and O–H groups in total. The summed E-state index contributed by atoms with van der Waals surface area (Å²) in [6.45, 7) is 0. The zero-order chi connectivity index (χ0) is 22.6. The van der Waals surface area contributed by atoms with Crippen molar-refractivity contribution < 1.29 is 0 Å². The Labute approximate surface area is 194 Å². The summed E-state index contributed by atoms with van der Waals surface area (Å²) in [7, 11) is 0. The number of nitriles is 1. The summed E-state index contributed by atoms with van der Waals surface area (Å²) >= 11 is 1.37. The Morgan fingerprint density at radius 1 is 0.818 bits per heavy atom. The molecule has 0 saturated heterocycles. The maximum Gasteiger partial charge on any atom is 0.157 e. The molecule has 0 amide bonds. The predicted octanol–water partition coefficient (Wildman–Crippen LogP) is 7.14. The topological polar surface area (TPSA) is 92.3 Å². The molecule has 2 aromatic heterocycles. The molecule has 33 heavy (non-hydrogen) atoms. The van der Waals surface area contributed by atoms with Crippen molar-refractivity contribution in [3.05, 3.63) is 102 Å². The number of azo groups is 1. The number of nitrogen functional groups attached to an aromatic ring is 1. The molecule has 7 heteroatoms. The second kappa shape index (κ2) is 8.91. The van der Waals surface area contributed by atoms with E-state index in [0.717, 1.165) is 22.4 Å². The van der Waals surface area contributed by atoms with E-state index in [1.807, 2.05) is 96.4 Å². The maximum absolute atomic E-state index is 9.80. The van der Waals surface area contributed by atoms with Gasteiger partial charge in [0.25, 0.3) is 0 Å². The molecule has 0 unspecified atom stereocenters. The summed E-state index contributed by atoms with van der Waals surface area (Å²) < 4.78 is 1.66. The van der Waals surface area contributed by atoms with Crippen LogP contribution in [0.25, 0.3) is 28.1 Å². The van der Waals surface area contributed by atoms with E-state index in [1.54, 1.807) is 4.68 Å². The monoisotopic (exact) mass is 446 g/mol. The molecule has 0 aliphatic carbocycles. The van der Waals surface area contributed by atoms with Crippen molar-refractivity contribution >= 4 is 27.8 Å². The van der Waals surface area contributed by atoms with E-state index in [0.29, 0.717) is 27.8 Å². The number of aromatic nitrogens is 2. The molecule has 5 aromatic rings. The fraction of sp³-hybridized carbons (Fsp3) is 0. The summed E-state index contributed by atoms with van der Waals surface area (Å²) in [4.78, 5) is 0. The van der Waals surface area contributed by atoms with Gasteiger partial charge in [0.1, 0.15) is 11.8 Å². The van der Waals surface area contributed by atoms with Crippen LogP contribution in [0.1, 0.15) is 5.56 Å². The Hall–Kier alpha value is -4.54. The van der Waals surface area contributed by atoms with Crippen LogP contribution in [-0.4, -0.2) is 9.78 Å². The quantitative estimate of drug-likeness (QED) is 0.291. The lowest BCUT2D eigenvalue weighted by molar-refractivity contribution is 0.895. The second-order valence-corrected chi connectivity index (χ2v) is 8.06. The summed E-state index contributed by atoms with van der Waals surface area (Å²) in [6, 6.07) is 31.4. The Morgan fingerprint density at radius 3 is 2.06 bits per heavy atom. The van der Waals surface area contributed by atoms with Crippen LogP contribution in [0.3, 0.4) is 0 Å². The largest absolute Gasteiger partial charge is 0.382 e. The van der Waals surface area contributed by atoms with Crippen molar-refractivity contribution in [1.82, 2.24) is 9.78 Å². The molecule has 0 atom stereocenters. The summed E-state index contributed by atoms with van der Waals surface area (Å²) in [5.41, 5.74) is 11.6. The molecular weight excluding hydrogens is 428 g/mol. The maximum atomic E-state index is 9.80. The molecule has 0 saturated carbocycles. The lowest BCUT2D eigenvalue weighted by Gasteiger charge is -2.02. The first-order chi connectivity index (χ1) is 16.3. The number of nitrogens with zero attached hydrogens (tertiary/aromatic N) is 5. The fourth-order valence-corrected chi connectivity index (χ4v) is 4.38. The van der Waals surface area contributed by atoms with Crippen molar-refractivity contribution in [2.45, 2.75) is 0 Å². The minimum absolute atomic E-state index is 0.377. The lowest BCUT2D eigenvalue weighted by Crippen LogP contribution is -2.01. The van der Waals surface area contributed by atoms with E-state index in [9.17, 15) is 5.26 Å². The zero-order valence-electron chi connectivity index (χ0n) is 17.5. The van der Waals surface area contributed by atoms with Crippen LogP contribution < -0.4 is 5.73 Å². The smallest absolute Gasteiger partial charge is 0.157 e. The van der Waals surface area contributed by atoms with Crippen LogP contribution >= 0.6 is 11.3 Å². The van der Waals surface area contributed by atoms with Gasteiger partial charge in [0.05, 0.1) is 11.3 Å². The van der Waals surface area contributed by atoms with Crippen molar-refractivity contribution in [3.63, 3.8) is 0 Å². The van der Waals surface area contributed by atoms with Crippen LogP contribution in [0.5, 0.6) is 0 Å². The van der Waals surface area contributed by atoms with E-state index < -0.39 is 0 Å². The van der Waals surface area contributed by atoms with Gasteiger partial charge in [-0.05, 0) is 17.7 Å². The second-order valence-electron chi connectivity index (χ2n) is 7.20. The van der Waals surface area contributed by atoms with Crippen LogP contribution in [0.4, 0.5) is 16.5 Å². The average molecular weight is 447 g/mol. The third kappa shape index (κ3) is 3.91. The van der Waals surface area contributed by atoms with Gasteiger partial charge >= 0.3 is 0 Å². The minimum Gasteiger partial charge on any atom is -0.382 e. The number of rotatable bonds is 5. The first-order valence-electron chi connectivity index (χ1n) is 10.2. The zero-order valence-corrected chi connectivity index (χ0v) is 18.3. The molecule has 5 rings (SSSR count). The van der Waals surface area contributed by atoms with E-state index in [4.69, 9.17) is 10.8 Å². The Morgan fingerprint density at radius 2 is 1.42 bits per heavy atom. The van der Waals surface area contributed by atoms with Crippen LogP contribution in [0.2, 0.25) is 0 Å². The molecule has 0 bridgehead atoms. The summed E-state index contributed by atoms with van der Waals surface area (Å²) in [5.74, 6) is 0.377. The predicted molar refractivity (Wildman–Crippen MR) is 132 cm³/mol. The molecule has 158 valence electrons. The molecular formula is C26H18N6S. The van der Waals surface area contributed by atoms with Gasteiger partial charge in [0, 0.05) is 16.5 Å². The van der Waals surface area contributed by atoms with Gasteiger partial charge in [-0.1, -0.05) is 78.9 Å². The molecule has 0 aliphatic rings. The van der Waals surface area contributed by atoms with E-state index >= 15 is 0 Å². The number of hydrogen-bond acceptors (Lipinski definition) is 6. The average Bonchev–Trinajstić information content (AvgIpc) is 3.44. The van der Waals surface area contributed by atoms with Gasteiger partial charge in [-0.2, -0.15) is 10.4 Å². The van der Waals surface area contributed by atoms with E-state index in [1.165, 1.54) is 11.3 Å². The number of para-hydroxylation sites is 1. The summed E-state index contributed by atoms with van der Waals surface area (Å²) in [5, 5.41) is 25.9. The number of thiophene rings is 1.